The molecule has 1 aliphatic carbocycles. The molecule has 1 aliphatic heterocycles. The summed E-state index contributed by atoms with van der Waals surface area (Å²) in [4.78, 5) is 2.58. The molecular formula is C42H32N2S. The highest BCUT2D eigenvalue weighted by Gasteiger charge is 2.50. The SMILES string of the molecule is C=C(NN/C(=C(\C)c1ccccc1)c1ccccc1)c1ccc2c(c1)C1(c3ccccc3S2)c2ccccc2-c2ccccc21. The van der Waals surface area contributed by atoms with E-state index >= 15 is 0 Å². The van der Waals surface area contributed by atoms with Crippen molar-refractivity contribution in [1.29, 1.82) is 0 Å². The molecule has 0 unspecified atom stereocenters. The summed E-state index contributed by atoms with van der Waals surface area (Å²) >= 11 is 1.86. The van der Waals surface area contributed by atoms with Crippen LogP contribution >= 0.6 is 11.8 Å². The highest BCUT2D eigenvalue weighted by atomic mass is 32.2. The van der Waals surface area contributed by atoms with E-state index in [2.05, 4.69) is 164 Å². The second-order valence-corrected chi connectivity index (χ2v) is 12.7. The Morgan fingerprint density at radius 1 is 0.511 bits per heavy atom. The smallest absolute Gasteiger partial charge is 0.0735 e. The van der Waals surface area contributed by atoms with Crippen molar-refractivity contribution in [1.82, 2.24) is 10.9 Å². The lowest BCUT2D eigenvalue weighted by molar-refractivity contribution is 0.721. The van der Waals surface area contributed by atoms with Crippen molar-refractivity contribution in [3.05, 3.63) is 197 Å². The highest BCUT2D eigenvalue weighted by Crippen LogP contribution is 2.62. The molecule has 0 bridgehead atoms. The minimum atomic E-state index is -0.410. The molecule has 2 N–H and O–H groups in total. The lowest BCUT2D eigenvalue weighted by atomic mass is 9.67. The van der Waals surface area contributed by atoms with Crippen LogP contribution in [-0.2, 0) is 5.41 Å². The standard InChI is InChI=1S/C42H32N2S/c1-28(30-15-5-3-6-16-30)41(31-17-7-4-8-18-31)44-43-29(2)32-25-26-40-38(27-32)42(37-23-13-14-24-39(37)45-40)35-21-11-9-19-33(35)34-20-10-12-22-36(34)42/h3-27,43-44H,2H2,1H3/b41-28+. The van der Waals surface area contributed by atoms with Crippen molar-refractivity contribution in [2.24, 2.45) is 0 Å². The predicted molar refractivity (Wildman–Crippen MR) is 189 cm³/mol. The van der Waals surface area contributed by atoms with Crippen LogP contribution in [0.1, 0.15) is 45.9 Å². The molecule has 0 fully saturated rings. The molecule has 1 heterocycles. The zero-order chi connectivity index (χ0) is 30.4. The lowest BCUT2D eigenvalue weighted by Crippen LogP contribution is -2.32. The average Bonchev–Trinajstić information content (AvgIpc) is 3.40. The van der Waals surface area contributed by atoms with Crippen molar-refractivity contribution in [2.45, 2.75) is 22.1 Å². The number of allylic oxidation sites excluding steroid dienone is 1. The number of benzene rings is 6. The number of hydrogen-bond acceptors (Lipinski definition) is 3. The van der Waals surface area contributed by atoms with Crippen LogP contribution in [0.2, 0.25) is 0 Å². The van der Waals surface area contributed by atoms with Gasteiger partial charge in [-0.2, -0.15) is 0 Å². The van der Waals surface area contributed by atoms with Crippen molar-refractivity contribution < 1.29 is 0 Å². The summed E-state index contributed by atoms with van der Waals surface area (Å²) in [5, 5.41) is 0. The molecule has 0 radical (unpaired) electrons. The normalized spacial score (nSPS) is 14.0. The summed E-state index contributed by atoms with van der Waals surface area (Å²) < 4.78 is 0. The molecule has 0 amide bonds. The van der Waals surface area contributed by atoms with Gasteiger partial charge in [-0.05, 0) is 80.8 Å². The van der Waals surface area contributed by atoms with E-state index in [0.29, 0.717) is 0 Å². The Bertz CT molecular complexity index is 2070. The molecule has 0 aromatic heterocycles. The van der Waals surface area contributed by atoms with Crippen LogP contribution in [0.5, 0.6) is 0 Å². The van der Waals surface area contributed by atoms with Crippen molar-refractivity contribution in [3.8, 4) is 11.1 Å². The van der Waals surface area contributed by atoms with E-state index in [1.54, 1.807) is 0 Å². The van der Waals surface area contributed by atoms with Crippen LogP contribution in [0, 0.1) is 0 Å². The Morgan fingerprint density at radius 3 is 1.71 bits per heavy atom. The van der Waals surface area contributed by atoms with Gasteiger partial charge in [0.25, 0.3) is 0 Å². The number of nitrogens with one attached hydrogen (secondary N) is 2. The second-order valence-electron chi connectivity index (χ2n) is 11.6. The molecule has 45 heavy (non-hydrogen) atoms. The van der Waals surface area contributed by atoms with Gasteiger partial charge in [0.1, 0.15) is 0 Å². The van der Waals surface area contributed by atoms with E-state index in [1.807, 2.05) is 23.9 Å². The zero-order valence-corrected chi connectivity index (χ0v) is 25.9. The number of hydrogen-bond donors (Lipinski definition) is 2. The van der Waals surface area contributed by atoms with Gasteiger partial charge in [0.05, 0.1) is 16.8 Å². The molecule has 216 valence electrons. The molecule has 0 saturated heterocycles. The van der Waals surface area contributed by atoms with E-state index in [4.69, 9.17) is 0 Å². The quantitative estimate of drug-likeness (QED) is 0.148. The monoisotopic (exact) mass is 596 g/mol. The number of hydrazine groups is 1. The fourth-order valence-corrected chi connectivity index (χ4v) is 8.25. The maximum atomic E-state index is 4.52. The van der Waals surface area contributed by atoms with E-state index in [9.17, 15) is 0 Å². The number of fused-ring (bicyclic) bond motifs is 9. The second kappa shape index (κ2) is 11.0. The van der Waals surface area contributed by atoms with Gasteiger partial charge >= 0.3 is 0 Å². The Kier molecular flexibility index (Phi) is 6.70. The molecule has 0 atom stereocenters. The third kappa shape index (κ3) is 4.34. The largest absolute Gasteiger partial charge is 0.301 e. The van der Waals surface area contributed by atoms with Gasteiger partial charge in [-0.25, -0.2) is 0 Å². The minimum Gasteiger partial charge on any atom is -0.301 e. The van der Waals surface area contributed by atoms with Crippen LogP contribution in [-0.4, -0.2) is 0 Å². The van der Waals surface area contributed by atoms with Gasteiger partial charge in [-0.1, -0.05) is 152 Å². The maximum absolute atomic E-state index is 4.52. The van der Waals surface area contributed by atoms with Crippen LogP contribution in [0.25, 0.3) is 28.1 Å². The summed E-state index contributed by atoms with van der Waals surface area (Å²) in [7, 11) is 0. The van der Waals surface area contributed by atoms with Crippen molar-refractivity contribution in [2.75, 3.05) is 0 Å². The van der Waals surface area contributed by atoms with E-state index < -0.39 is 5.41 Å². The first-order chi connectivity index (χ1) is 22.2. The van der Waals surface area contributed by atoms with Gasteiger partial charge in [-0.3, -0.25) is 0 Å². The Balaban J connectivity index is 1.23. The van der Waals surface area contributed by atoms with Crippen molar-refractivity contribution >= 4 is 28.7 Å². The highest BCUT2D eigenvalue weighted by molar-refractivity contribution is 7.99. The molecular weight excluding hydrogens is 565 g/mol. The maximum Gasteiger partial charge on any atom is 0.0735 e. The first-order valence-corrected chi connectivity index (χ1v) is 16.1. The molecule has 3 heteroatoms. The first-order valence-electron chi connectivity index (χ1n) is 15.3. The fraction of sp³-hybridized carbons (Fsp3) is 0.0476. The lowest BCUT2D eigenvalue weighted by Gasteiger charge is -2.40. The zero-order valence-electron chi connectivity index (χ0n) is 25.0. The molecule has 2 aliphatic rings. The summed E-state index contributed by atoms with van der Waals surface area (Å²) in [6, 6.07) is 54.5. The Hall–Kier alpha value is -5.25. The molecule has 1 spiro atoms. The summed E-state index contributed by atoms with van der Waals surface area (Å²) in [5.41, 5.74) is 20.8. The average molecular weight is 597 g/mol. The fourth-order valence-electron chi connectivity index (χ4n) is 7.07. The molecule has 6 aromatic carbocycles. The molecule has 2 nitrogen and oxygen atoms in total. The summed E-state index contributed by atoms with van der Waals surface area (Å²) in [6.07, 6.45) is 0. The third-order valence-electron chi connectivity index (χ3n) is 9.18. The van der Waals surface area contributed by atoms with Gasteiger partial charge in [0, 0.05) is 9.79 Å². The van der Waals surface area contributed by atoms with Crippen LogP contribution in [0.3, 0.4) is 0 Å². The summed E-state index contributed by atoms with van der Waals surface area (Å²) in [6.45, 7) is 6.67. The Labute approximate surface area is 269 Å². The van der Waals surface area contributed by atoms with Crippen LogP contribution < -0.4 is 10.9 Å². The van der Waals surface area contributed by atoms with E-state index in [0.717, 1.165) is 28.1 Å². The van der Waals surface area contributed by atoms with Crippen LogP contribution in [0.15, 0.2) is 168 Å². The molecule has 0 saturated carbocycles. The topological polar surface area (TPSA) is 24.1 Å². The third-order valence-corrected chi connectivity index (χ3v) is 10.3. The summed E-state index contributed by atoms with van der Waals surface area (Å²) in [5.74, 6) is 0. The van der Waals surface area contributed by atoms with Gasteiger partial charge in [0.2, 0.25) is 0 Å². The van der Waals surface area contributed by atoms with E-state index in [1.165, 1.54) is 48.7 Å². The first kappa shape index (κ1) is 27.3. The van der Waals surface area contributed by atoms with Crippen molar-refractivity contribution in [3.63, 3.8) is 0 Å². The molecule has 6 aromatic rings. The Morgan fingerprint density at radius 2 is 1.04 bits per heavy atom. The number of rotatable bonds is 6. The van der Waals surface area contributed by atoms with Crippen LogP contribution in [0.4, 0.5) is 0 Å². The van der Waals surface area contributed by atoms with Gasteiger partial charge in [-0.15, -0.1) is 0 Å². The minimum absolute atomic E-state index is 0.410. The van der Waals surface area contributed by atoms with Gasteiger partial charge < -0.3 is 10.9 Å². The van der Waals surface area contributed by atoms with E-state index in [-0.39, 0.29) is 0 Å². The predicted octanol–water partition coefficient (Wildman–Crippen LogP) is 10.2. The van der Waals surface area contributed by atoms with Gasteiger partial charge in [0.15, 0.2) is 0 Å². The molecule has 8 rings (SSSR count).